The highest BCUT2D eigenvalue weighted by atomic mass is 32.1. The Kier molecular flexibility index (Phi) is 4.88. The summed E-state index contributed by atoms with van der Waals surface area (Å²) in [6, 6.07) is 0. The van der Waals surface area contributed by atoms with Crippen LogP contribution < -0.4 is 5.73 Å². The van der Waals surface area contributed by atoms with Crippen LogP contribution in [0.5, 0.6) is 0 Å². The molecule has 0 aliphatic heterocycles. The molecular weight excluding hydrogens is 186 g/mol. The Hall–Kier alpha value is -0.520. The fourth-order valence-corrected chi connectivity index (χ4v) is 1.71. The molecule has 13 heavy (non-hydrogen) atoms. The minimum absolute atomic E-state index is 0.489. The maximum atomic E-state index is 5.42. The lowest BCUT2D eigenvalue weighted by Gasteiger charge is -1.97. The first-order valence-corrected chi connectivity index (χ1v) is 5.27. The predicted molar refractivity (Wildman–Crippen MR) is 52.6 cm³/mol. The topological polar surface area (TPSA) is 61.0 Å². The first-order valence-electron chi connectivity index (χ1n) is 4.46. The lowest BCUT2D eigenvalue weighted by molar-refractivity contribution is 0.145. The molecule has 0 bridgehead atoms. The second-order valence-corrected chi connectivity index (χ2v) is 3.74. The zero-order chi connectivity index (χ0) is 9.52. The van der Waals surface area contributed by atoms with Gasteiger partial charge in [0.15, 0.2) is 0 Å². The van der Waals surface area contributed by atoms with Crippen molar-refractivity contribution in [1.29, 1.82) is 0 Å². The monoisotopic (exact) mass is 201 g/mol. The summed E-state index contributed by atoms with van der Waals surface area (Å²) in [5, 5.41) is 9.92. The normalized spacial score (nSPS) is 10.6. The average molecular weight is 201 g/mol. The Morgan fingerprint density at radius 2 is 2.15 bits per heavy atom. The van der Waals surface area contributed by atoms with E-state index in [1.54, 1.807) is 11.3 Å². The summed E-state index contributed by atoms with van der Waals surface area (Å²) in [6.45, 7) is 4.07. The molecule has 1 rings (SSSR count). The second kappa shape index (κ2) is 6.01. The molecule has 0 aromatic carbocycles. The van der Waals surface area contributed by atoms with Gasteiger partial charge < -0.3 is 10.5 Å². The van der Waals surface area contributed by atoms with Gasteiger partial charge in [-0.1, -0.05) is 0 Å². The molecule has 0 spiro atoms. The lowest BCUT2D eigenvalue weighted by atomic mass is 10.3. The number of hydrogen-bond acceptors (Lipinski definition) is 5. The van der Waals surface area contributed by atoms with Crippen molar-refractivity contribution in [3.05, 3.63) is 10.0 Å². The number of nitrogens with zero attached hydrogens (tertiary/aromatic N) is 2. The van der Waals surface area contributed by atoms with E-state index in [4.69, 9.17) is 10.5 Å². The Labute approximate surface area is 82.1 Å². The van der Waals surface area contributed by atoms with Crippen LogP contribution in [-0.4, -0.2) is 23.4 Å². The zero-order valence-corrected chi connectivity index (χ0v) is 8.64. The summed E-state index contributed by atoms with van der Waals surface area (Å²) in [7, 11) is 0. The molecule has 0 unspecified atom stereocenters. The van der Waals surface area contributed by atoms with Crippen molar-refractivity contribution in [1.82, 2.24) is 10.2 Å². The van der Waals surface area contributed by atoms with E-state index in [0.717, 1.165) is 36.1 Å². The second-order valence-electron chi connectivity index (χ2n) is 2.59. The van der Waals surface area contributed by atoms with Gasteiger partial charge in [-0.15, -0.1) is 21.5 Å². The molecule has 0 fully saturated rings. The predicted octanol–water partition coefficient (Wildman–Crippen LogP) is 0.966. The molecule has 0 saturated carbocycles. The van der Waals surface area contributed by atoms with Gasteiger partial charge in [-0.25, -0.2) is 0 Å². The van der Waals surface area contributed by atoms with Gasteiger partial charge in [0, 0.05) is 26.2 Å². The largest absolute Gasteiger partial charge is 0.382 e. The third-order valence-corrected chi connectivity index (χ3v) is 2.57. The number of nitrogens with two attached hydrogens (primary N) is 1. The van der Waals surface area contributed by atoms with Gasteiger partial charge in [0.25, 0.3) is 0 Å². The molecule has 0 radical (unpaired) electrons. The summed E-state index contributed by atoms with van der Waals surface area (Å²) in [5.74, 6) is 0. The third-order valence-electron chi connectivity index (χ3n) is 1.57. The van der Waals surface area contributed by atoms with Crippen LogP contribution in [0.4, 0.5) is 0 Å². The van der Waals surface area contributed by atoms with Crippen LogP contribution in [0.1, 0.15) is 23.4 Å². The van der Waals surface area contributed by atoms with Gasteiger partial charge in [0.1, 0.15) is 10.0 Å². The van der Waals surface area contributed by atoms with Crippen LogP contribution in [0.25, 0.3) is 0 Å². The molecule has 1 aromatic heterocycles. The summed E-state index contributed by atoms with van der Waals surface area (Å²) >= 11 is 1.59. The fraction of sp³-hybridized carbons (Fsp3) is 0.750. The van der Waals surface area contributed by atoms with Crippen molar-refractivity contribution in [2.45, 2.75) is 26.3 Å². The number of ether oxygens (including phenoxy) is 1. The van der Waals surface area contributed by atoms with Gasteiger partial charge in [-0.2, -0.15) is 0 Å². The molecule has 0 aliphatic rings. The maximum Gasteiger partial charge on any atom is 0.131 e. The maximum absolute atomic E-state index is 5.42. The Balaban J connectivity index is 2.20. The molecule has 74 valence electrons. The summed E-state index contributed by atoms with van der Waals surface area (Å²) in [4.78, 5) is 0. The van der Waals surface area contributed by atoms with E-state index in [9.17, 15) is 0 Å². The molecular formula is C8H15N3OS. The molecule has 4 nitrogen and oxygen atoms in total. The first-order chi connectivity index (χ1) is 6.36. The Bertz CT molecular complexity index is 239. The highest BCUT2D eigenvalue weighted by Gasteiger charge is 2.01. The number of aryl methyl sites for hydroxylation is 1. The van der Waals surface area contributed by atoms with E-state index in [2.05, 4.69) is 10.2 Å². The summed E-state index contributed by atoms with van der Waals surface area (Å²) in [6.07, 6.45) is 1.95. The van der Waals surface area contributed by atoms with E-state index >= 15 is 0 Å². The minimum atomic E-state index is 0.489. The van der Waals surface area contributed by atoms with E-state index < -0.39 is 0 Å². The molecule has 2 N–H and O–H groups in total. The van der Waals surface area contributed by atoms with Crippen LogP contribution in [0, 0.1) is 0 Å². The van der Waals surface area contributed by atoms with Crippen molar-refractivity contribution in [2.24, 2.45) is 5.73 Å². The average Bonchev–Trinajstić information content (AvgIpc) is 2.60. The van der Waals surface area contributed by atoms with Crippen molar-refractivity contribution < 1.29 is 4.74 Å². The molecule has 0 atom stereocenters. The Morgan fingerprint density at radius 1 is 1.38 bits per heavy atom. The van der Waals surface area contributed by atoms with Crippen LogP contribution in [0.15, 0.2) is 0 Å². The molecule has 5 heteroatoms. The van der Waals surface area contributed by atoms with E-state index in [1.165, 1.54) is 0 Å². The molecule has 0 amide bonds. The highest BCUT2D eigenvalue weighted by Crippen LogP contribution is 2.10. The zero-order valence-electron chi connectivity index (χ0n) is 7.82. The molecule has 1 aromatic rings. The van der Waals surface area contributed by atoms with Crippen LogP contribution >= 0.6 is 11.3 Å². The molecule has 0 saturated heterocycles. The minimum Gasteiger partial charge on any atom is -0.382 e. The SMILES string of the molecule is CCOCCCc1nnc(CN)s1. The number of rotatable bonds is 6. The van der Waals surface area contributed by atoms with Gasteiger partial charge in [0.05, 0.1) is 0 Å². The summed E-state index contributed by atoms with van der Waals surface area (Å²) < 4.78 is 5.22. The van der Waals surface area contributed by atoms with E-state index in [-0.39, 0.29) is 0 Å². The van der Waals surface area contributed by atoms with Gasteiger partial charge >= 0.3 is 0 Å². The standard InChI is InChI=1S/C8H15N3OS/c1-2-12-5-3-4-7-10-11-8(6-9)13-7/h2-6,9H2,1H3. The smallest absolute Gasteiger partial charge is 0.131 e. The van der Waals surface area contributed by atoms with Crippen LogP contribution in [0.3, 0.4) is 0 Å². The number of hydrogen-bond donors (Lipinski definition) is 1. The quantitative estimate of drug-likeness (QED) is 0.697. The van der Waals surface area contributed by atoms with E-state index in [1.807, 2.05) is 6.92 Å². The third kappa shape index (κ3) is 3.80. The van der Waals surface area contributed by atoms with E-state index in [0.29, 0.717) is 6.54 Å². The van der Waals surface area contributed by atoms with Crippen molar-refractivity contribution in [3.63, 3.8) is 0 Å². The van der Waals surface area contributed by atoms with Gasteiger partial charge in [-0.05, 0) is 13.3 Å². The van der Waals surface area contributed by atoms with Gasteiger partial charge in [-0.3, -0.25) is 0 Å². The fourth-order valence-electron chi connectivity index (χ4n) is 0.942. The first kappa shape index (κ1) is 10.6. The summed E-state index contributed by atoms with van der Waals surface area (Å²) in [5.41, 5.74) is 5.42. The lowest BCUT2D eigenvalue weighted by Crippen LogP contribution is -1.95. The number of aromatic nitrogens is 2. The molecule has 0 aliphatic carbocycles. The van der Waals surface area contributed by atoms with Crippen molar-refractivity contribution in [3.8, 4) is 0 Å². The van der Waals surface area contributed by atoms with Crippen LogP contribution in [-0.2, 0) is 17.7 Å². The van der Waals surface area contributed by atoms with Crippen molar-refractivity contribution >= 4 is 11.3 Å². The highest BCUT2D eigenvalue weighted by molar-refractivity contribution is 7.11. The van der Waals surface area contributed by atoms with Crippen LogP contribution in [0.2, 0.25) is 0 Å². The van der Waals surface area contributed by atoms with Gasteiger partial charge in [0.2, 0.25) is 0 Å². The Morgan fingerprint density at radius 3 is 2.77 bits per heavy atom. The molecule has 1 heterocycles. The van der Waals surface area contributed by atoms with Crippen molar-refractivity contribution in [2.75, 3.05) is 13.2 Å².